The molecule has 1 rings (SSSR count). The fraction of sp³-hybridized carbons (Fsp3) is 0.917. The zero-order valence-electron chi connectivity index (χ0n) is 9.94. The molecular formula is C12H25NO. The van der Waals surface area contributed by atoms with E-state index < -0.39 is 0 Å². The summed E-state index contributed by atoms with van der Waals surface area (Å²) in [6, 6.07) is 0. The van der Waals surface area contributed by atoms with E-state index in [2.05, 4.69) is 5.32 Å². The number of hydrogen-bond donors (Lipinski definition) is 1. The van der Waals surface area contributed by atoms with E-state index in [4.69, 9.17) is 0 Å². The van der Waals surface area contributed by atoms with Crippen LogP contribution in [0.3, 0.4) is 0 Å². The Morgan fingerprint density at radius 3 is 2.29 bits per heavy atom. The van der Waals surface area contributed by atoms with Crippen molar-refractivity contribution in [3.63, 3.8) is 0 Å². The number of rotatable bonds is 3. The minimum atomic E-state index is 0.240. The standard InChI is InChI=1S/C10H19NO.C2H6/c1-2-11-10(12)8-9-6-4-3-5-7-9;1-2/h9H,2-8H2,1H3,(H,11,12);1-2H3. The minimum Gasteiger partial charge on any atom is -0.356 e. The molecule has 0 spiro atoms. The van der Waals surface area contributed by atoms with E-state index in [1.807, 2.05) is 20.8 Å². The van der Waals surface area contributed by atoms with E-state index >= 15 is 0 Å². The van der Waals surface area contributed by atoms with Gasteiger partial charge in [0.1, 0.15) is 0 Å². The average molecular weight is 199 g/mol. The van der Waals surface area contributed by atoms with Gasteiger partial charge in [-0.1, -0.05) is 33.1 Å². The lowest BCUT2D eigenvalue weighted by molar-refractivity contribution is -0.122. The van der Waals surface area contributed by atoms with E-state index in [9.17, 15) is 4.79 Å². The van der Waals surface area contributed by atoms with Crippen LogP contribution < -0.4 is 5.32 Å². The molecule has 2 heteroatoms. The maximum Gasteiger partial charge on any atom is 0.220 e. The van der Waals surface area contributed by atoms with Gasteiger partial charge in [0.2, 0.25) is 5.91 Å². The maximum absolute atomic E-state index is 11.2. The summed E-state index contributed by atoms with van der Waals surface area (Å²) >= 11 is 0. The summed E-state index contributed by atoms with van der Waals surface area (Å²) in [5.74, 6) is 0.912. The summed E-state index contributed by atoms with van der Waals surface area (Å²) in [5, 5.41) is 2.85. The van der Waals surface area contributed by atoms with Crippen LogP contribution in [0.1, 0.15) is 59.3 Å². The Bertz CT molecular complexity index is 139. The molecule has 0 atom stereocenters. The highest BCUT2D eigenvalue weighted by atomic mass is 16.1. The second kappa shape index (κ2) is 9.04. The van der Waals surface area contributed by atoms with Crippen molar-refractivity contribution >= 4 is 5.91 Å². The van der Waals surface area contributed by atoms with E-state index in [-0.39, 0.29) is 5.91 Å². The Morgan fingerprint density at radius 1 is 1.21 bits per heavy atom. The Hall–Kier alpha value is -0.530. The topological polar surface area (TPSA) is 29.1 Å². The first-order valence-corrected chi connectivity index (χ1v) is 6.09. The van der Waals surface area contributed by atoms with Crippen LogP contribution in [0.25, 0.3) is 0 Å². The van der Waals surface area contributed by atoms with Crippen LogP contribution >= 0.6 is 0 Å². The summed E-state index contributed by atoms with van der Waals surface area (Å²) < 4.78 is 0. The smallest absolute Gasteiger partial charge is 0.220 e. The number of nitrogens with one attached hydrogen (secondary N) is 1. The Balaban J connectivity index is 0.000000791. The van der Waals surface area contributed by atoms with Crippen molar-refractivity contribution < 1.29 is 4.79 Å². The van der Waals surface area contributed by atoms with Gasteiger partial charge in [0.25, 0.3) is 0 Å². The van der Waals surface area contributed by atoms with Crippen molar-refractivity contribution in [1.29, 1.82) is 0 Å². The Labute approximate surface area is 88.5 Å². The van der Waals surface area contributed by atoms with Gasteiger partial charge in [-0.15, -0.1) is 0 Å². The lowest BCUT2D eigenvalue weighted by Gasteiger charge is -2.20. The normalized spacial score (nSPS) is 16.8. The van der Waals surface area contributed by atoms with Crippen LogP contribution in [0.15, 0.2) is 0 Å². The van der Waals surface area contributed by atoms with Crippen molar-refractivity contribution in [3.8, 4) is 0 Å². The third-order valence-electron chi connectivity index (χ3n) is 2.57. The van der Waals surface area contributed by atoms with Crippen LogP contribution in [0.4, 0.5) is 0 Å². The zero-order valence-corrected chi connectivity index (χ0v) is 9.94. The summed E-state index contributed by atoms with van der Waals surface area (Å²) in [6.07, 6.45) is 7.29. The molecule has 1 N–H and O–H groups in total. The van der Waals surface area contributed by atoms with Crippen molar-refractivity contribution in [1.82, 2.24) is 5.32 Å². The summed E-state index contributed by atoms with van der Waals surface area (Å²) in [4.78, 5) is 11.2. The molecule has 14 heavy (non-hydrogen) atoms. The molecule has 0 bridgehead atoms. The van der Waals surface area contributed by atoms with E-state index in [1.54, 1.807) is 0 Å². The van der Waals surface area contributed by atoms with Gasteiger partial charge in [-0.3, -0.25) is 4.79 Å². The lowest BCUT2D eigenvalue weighted by Crippen LogP contribution is -2.25. The van der Waals surface area contributed by atoms with Gasteiger partial charge >= 0.3 is 0 Å². The van der Waals surface area contributed by atoms with Gasteiger partial charge in [-0.05, 0) is 25.7 Å². The number of carbonyl (C=O) groups excluding carboxylic acids is 1. The molecule has 2 nitrogen and oxygen atoms in total. The van der Waals surface area contributed by atoms with E-state index in [0.29, 0.717) is 5.92 Å². The van der Waals surface area contributed by atoms with Gasteiger partial charge in [-0.25, -0.2) is 0 Å². The average Bonchev–Trinajstić information content (AvgIpc) is 2.22. The van der Waals surface area contributed by atoms with Crippen LogP contribution in [-0.2, 0) is 4.79 Å². The number of amides is 1. The van der Waals surface area contributed by atoms with Crippen LogP contribution in [-0.4, -0.2) is 12.5 Å². The highest BCUT2D eigenvalue weighted by Gasteiger charge is 2.16. The van der Waals surface area contributed by atoms with Gasteiger partial charge < -0.3 is 5.32 Å². The van der Waals surface area contributed by atoms with Crippen molar-refractivity contribution in [2.24, 2.45) is 5.92 Å². The van der Waals surface area contributed by atoms with Gasteiger partial charge in [0.05, 0.1) is 0 Å². The molecule has 0 aromatic rings. The van der Waals surface area contributed by atoms with Crippen LogP contribution in [0.5, 0.6) is 0 Å². The molecule has 84 valence electrons. The first-order valence-electron chi connectivity index (χ1n) is 6.09. The van der Waals surface area contributed by atoms with E-state index in [1.165, 1.54) is 32.1 Å². The SMILES string of the molecule is CC.CCNC(=O)CC1CCCCC1. The molecule has 0 unspecified atom stereocenters. The lowest BCUT2D eigenvalue weighted by atomic mass is 9.87. The van der Waals surface area contributed by atoms with Crippen LogP contribution in [0.2, 0.25) is 0 Å². The summed E-state index contributed by atoms with van der Waals surface area (Å²) in [7, 11) is 0. The predicted molar refractivity (Wildman–Crippen MR) is 61.2 cm³/mol. The van der Waals surface area contributed by atoms with E-state index in [0.717, 1.165) is 13.0 Å². The third kappa shape index (κ3) is 6.01. The van der Waals surface area contributed by atoms with Gasteiger partial charge in [0.15, 0.2) is 0 Å². The zero-order chi connectivity index (χ0) is 10.8. The number of carbonyl (C=O) groups is 1. The monoisotopic (exact) mass is 199 g/mol. The molecular weight excluding hydrogens is 174 g/mol. The quantitative estimate of drug-likeness (QED) is 0.743. The minimum absolute atomic E-state index is 0.240. The Morgan fingerprint density at radius 2 is 1.79 bits per heavy atom. The molecule has 1 aliphatic rings. The highest BCUT2D eigenvalue weighted by molar-refractivity contribution is 5.76. The molecule has 0 aromatic heterocycles. The predicted octanol–water partition coefficient (Wildman–Crippen LogP) is 3.12. The molecule has 1 amide bonds. The fourth-order valence-electron chi connectivity index (χ4n) is 1.92. The van der Waals surface area contributed by atoms with Crippen molar-refractivity contribution in [2.75, 3.05) is 6.54 Å². The molecule has 0 radical (unpaired) electrons. The van der Waals surface area contributed by atoms with Crippen molar-refractivity contribution in [3.05, 3.63) is 0 Å². The van der Waals surface area contributed by atoms with Gasteiger partial charge in [0, 0.05) is 13.0 Å². The second-order valence-electron chi connectivity index (χ2n) is 3.66. The largest absolute Gasteiger partial charge is 0.356 e. The fourth-order valence-corrected chi connectivity index (χ4v) is 1.92. The second-order valence-corrected chi connectivity index (χ2v) is 3.66. The maximum atomic E-state index is 11.2. The summed E-state index contributed by atoms with van der Waals surface area (Å²) in [5.41, 5.74) is 0. The molecule has 1 saturated carbocycles. The molecule has 0 aromatic carbocycles. The molecule has 0 aliphatic heterocycles. The highest BCUT2D eigenvalue weighted by Crippen LogP contribution is 2.25. The van der Waals surface area contributed by atoms with Crippen LogP contribution in [0, 0.1) is 5.92 Å². The molecule has 1 aliphatic carbocycles. The Kier molecular flexibility index (Phi) is 8.70. The molecule has 0 heterocycles. The van der Waals surface area contributed by atoms with Crippen molar-refractivity contribution in [2.45, 2.75) is 59.3 Å². The van der Waals surface area contributed by atoms with Gasteiger partial charge in [-0.2, -0.15) is 0 Å². The summed E-state index contributed by atoms with van der Waals surface area (Å²) in [6.45, 7) is 6.74. The first kappa shape index (κ1) is 13.5. The molecule has 1 fully saturated rings. The molecule has 0 saturated heterocycles. The first-order chi connectivity index (χ1) is 6.83. The number of hydrogen-bond acceptors (Lipinski definition) is 1. The third-order valence-corrected chi connectivity index (χ3v) is 2.57.